The number of unbranched alkanes of at least 4 members (excludes halogenated alkanes) is 2. The highest BCUT2D eigenvalue weighted by Gasteiger charge is 1.99. The Bertz CT molecular complexity index is 301. The molecule has 0 saturated heterocycles. The first kappa shape index (κ1) is 11.1. The monoisotopic (exact) mass is 209 g/mol. The van der Waals surface area contributed by atoms with Crippen LogP contribution in [0.15, 0.2) is 6.20 Å². The van der Waals surface area contributed by atoms with Gasteiger partial charge in [0, 0.05) is 12.6 Å². The van der Waals surface area contributed by atoms with E-state index in [0.717, 1.165) is 37.3 Å². The van der Waals surface area contributed by atoms with Crippen LogP contribution in [0.3, 0.4) is 0 Å². The molecule has 0 aromatic carbocycles. The van der Waals surface area contributed by atoms with E-state index in [1.165, 1.54) is 0 Å². The Kier molecular flexibility index (Phi) is 5.16. The van der Waals surface area contributed by atoms with Crippen molar-refractivity contribution in [2.75, 3.05) is 6.26 Å². The van der Waals surface area contributed by atoms with Crippen molar-refractivity contribution >= 4 is 11.8 Å². The van der Waals surface area contributed by atoms with Crippen molar-refractivity contribution in [1.29, 1.82) is 0 Å². The molecule has 0 aliphatic rings. The quantitative estimate of drug-likeness (QED) is 0.530. The lowest BCUT2D eigenvalue weighted by Crippen LogP contribution is -1.93. The van der Waals surface area contributed by atoms with Crippen LogP contribution in [0.1, 0.15) is 25.0 Å². The van der Waals surface area contributed by atoms with Crippen LogP contribution < -0.4 is 0 Å². The number of nitrogens with zero attached hydrogens (tertiary/aromatic N) is 3. The number of aryl methyl sites for hydroxylation is 1. The fourth-order valence-corrected chi connectivity index (χ4v) is 1.57. The molecule has 0 N–H and O–H groups in total. The summed E-state index contributed by atoms with van der Waals surface area (Å²) in [6, 6.07) is 0. The normalized spacial score (nSPS) is 10.0. The van der Waals surface area contributed by atoms with E-state index in [-0.39, 0.29) is 0 Å². The fourth-order valence-electron chi connectivity index (χ4n) is 1.18. The van der Waals surface area contributed by atoms with Crippen molar-refractivity contribution in [3.8, 4) is 12.3 Å². The maximum absolute atomic E-state index is 5.17. The van der Waals surface area contributed by atoms with Crippen LogP contribution in [0.4, 0.5) is 0 Å². The average Bonchev–Trinajstić information content (AvgIpc) is 2.61. The van der Waals surface area contributed by atoms with E-state index < -0.39 is 0 Å². The number of thioether (sulfide) groups is 1. The minimum absolute atomic E-state index is 0.860. The highest BCUT2D eigenvalue weighted by molar-refractivity contribution is 7.97. The van der Waals surface area contributed by atoms with Gasteiger partial charge in [0.05, 0.1) is 11.6 Å². The predicted molar refractivity (Wildman–Crippen MR) is 59.9 cm³/mol. The first-order chi connectivity index (χ1) is 6.86. The van der Waals surface area contributed by atoms with E-state index in [2.05, 4.69) is 16.2 Å². The van der Waals surface area contributed by atoms with Gasteiger partial charge in [0.2, 0.25) is 0 Å². The molecule has 76 valence electrons. The molecule has 0 bridgehead atoms. The SMILES string of the molecule is C#CCCCCc1cn(CSC)nn1. The molecule has 1 heterocycles. The molecule has 0 spiro atoms. The lowest BCUT2D eigenvalue weighted by molar-refractivity contribution is 0.697. The molecular formula is C10H15N3S. The zero-order chi connectivity index (χ0) is 10.2. The van der Waals surface area contributed by atoms with E-state index in [9.17, 15) is 0 Å². The highest BCUT2D eigenvalue weighted by Crippen LogP contribution is 2.04. The van der Waals surface area contributed by atoms with E-state index in [1.807, 2.05) is 17.1 Å². The second-order valence-electron chi connectivity index (χ2n) is 3.08. The maximum atomic E-state index is 5.17. The average molecular weight is 209 g/mol. The van der Waals surface area contributed by atoms with Crippen molar-refractivity contribution in [2.45, 2.75) is 31.6 Å². The highest BCUT2D eigenvalue weighted by atomic mass is 32.2. The maximum Gasteiger partial charge on any atom is 0.0878 e. The summed E-state index contributed by atoms with van der Waals surface area (Å²) in [6.45, 7) is 0. The van der Waals surface area contributed by atoms with Gasteiger partial charge in [0.25, 0.3) is 0 Å². The lowest BCUT2D eigenvalue weighted by Gasteiger charge is -1.94. The van der Waals surface area contributed by atoms with Gasteiger partial charge >= 0.3 is 0 Å². The first-order valence-corrected chi connectivity index (χ1v) is 6.07. The van der Waals surface area contributed by atoms with Gasteiger partial charge in [-0.1, -0.05) is 5.21 Å². The Labute approximate surface area is 89.3 Å². The number of hydrogen-bond acceptors (Lipinski definition) is 3. The van der Waals surface area contributed by atoms with Gasteiger partial charge in [0.15, 0.2) is 0 Å². The molecule has 0 saturated carbocycles. The van der Waals surface area contributed by atoms with Gasteiger partial charge in [0.1, 0.15) is 0 Å². The summed E-state index contributed by atoms with van der Waals surface area (Å²) < 4.78 is 1.86. The number of hydrogen-bond donors (Lipinski definition) is 0. The van der Waals surface area contributed by atoms with Crippen LogP contribution in [-0.4, -0.2) is 21.2 Å². The van der Waals surface area contributed by atoms with E-state index in [1.54, 1.807) is 11.8 Å². The summed E-state index contributed by atoms with van der Waals surface area (Å²) in [5, 5.41) is 8.09. The molecule has 0 aliphatic carbocycles. The number of aromatic nitrogens is 3. The van der Waals surface area contributed by atoms with Gasteiger partial charge in [-0.05, 0) is 25.5 Å². The van der Waals surface area contributed by atoms with Crippen molar-refractivity contribution in [1.82, 2.24) is 15.0 Å². The van der Waals surface area contributed by atoms with Gasteiger partial charge in [-0.15, -0.1) is 29.2 Å². The summed E-state index contributed by atoms with van der Waals surface area (Å²) in [5.74, 6) is 3.51. The predicted octanol–water partition coefficient (Wildman–Crippen LogP) is 1.94. The van der Waals surface area contributed by atoms with Gasteiger partial charge < -0.3 is 0 Å². The molecule has 0 amide bonds. The van der Waals surface area contributed by atoms with Crippen LogP contribution in [0.25, 0.3) is 0 Å². The standard InChI is InChI=1S/C10H15N3S/c1-3-4-5-6-7-10-8-13(9-14-2)12-11-10/h1,8H,4-7,9H2,2H3. The Hall–Kier alpha value is -0.950. The van der Waals surface area contributed by atoms with Crippen LogP contribution in [0.5, 0.6) is 0 Å². The second-order valence-corrected chi connectivity index (χ2v) is 3.91. The van der Waals surface area contributed by atoms with E-state index in [4.69, 9.17) is 6.42 Å². The van der Waals surface area contributed by atoms with Crippen molar-refractivity contribution in [3.63, 3.8) is 0 Å². The zero-order valence-corrected chi connectivity index (χ0v) is 9.26. The minimum atomic E-state index is 0.860. The molecule has 1 aromatic heterocycles. The Morgan fingerprint density at radius 2 is 2.43 bits per heavy atom. The largest absolute Gasteiger partial charge is 0.242 e. The lowest BCUT2D eigenvalue weighted by atomic mass is 10.2. The molecule has 14 heavy (non-hydrogen) atoms. The Balaban J connectivity index is 2.26. The Morgan fingerprint density at radius 3 is 3.14 bits per heavy atom. The molecular weight excluding hydrogens is 194 g/mol. The third-order valence-corrected chi connectivity index (χ3v) is 2.37. The van der Waals surface area contributed by atoms with Crippen LogP contribution in [-0.2, 0) is 12.3 Å². The van der Waals surface area contributed by atoms with Crippen molar-refractivity contribution < 1.29 is 0 Å². The minimum Gasteiger partial charge on any atom is -0.242 e. The molecule has 0 fully saturated rings. The Morgan fingerprint density at radius 1 is 1.57 bits per heavy atom. The third kappa shape index (κ3) is 3.84. The third-order valence-electron chi connectivity index (χ3n) is 1.85. The van der Waals surface area contributed by atoms with Crippen molar-refractivity contribution in [3.05, 3.63) is 11.9 Å². The van der Waals surface area contributed by atoms with Gasteiger partial charge in [-0.2, -0.15) is 0 Å². The molecule has 0 unspecified atom stereocenters. The molecule has 0 aliphatic heterocycles. The van der Waals surface area contributed by atoms with Crippen molar-refractivity contribution in [2.24, 2.45) is 0 Å². The molecule has 1 aromatic rings. The first-order valence-electron chi connectivity index (χ1n) is 4.68. The van der Waals surface area contributed by atoms with Crippen LogP contribution >= 0.6 is 11.8 Å². The number of rotatable bonds is 6. The molecule has 0 radical (unpaired) electrons. The van der Waals surface area contributed by atoms with Gasteiger partial charge in [-0.3, -0.25) is 0 Å². The van der Waals surface area contributed by atoms with E-state index >= 15 is 0 Å². The van der Waals surface area contributed by atoms with Gasteiger partial charge in [-0.25, -0.2) is 4.68 Å². The summed E-state index contributed by atoms with van der Waals surface area (Å²) >= 11 is 1.73. The smallest absolute Gasteiger partial charge is 0.0878 e. The van der Waals surface area contributed by atoms with E-state index in [0.29, 0.717) is 0 Å². The fraction of sp³-hybridized carbons (Fsp3) is 0.600. The molecule has 3 nitrogen and oxygen atoms in total. The van der Waals surface area contributed by atoms with Crippen LogP contribution in [0.2, 0.25) is 0 Å². The molecule has 0 atom stereocenters. The molecule has 1 rings (SSSR count). The zero-order valence-electron chi connectivity index (χ0n) is 8.44. The summed E-state index contributed by atoms with van der Waals surface area (Å²) in [4.78, 5) is 0. The summed E-state index contributed by atoms with van der Waals surface area (Å²) in [7, 11) is 0. The second kappa shape index (κ2) is 6.50. The molecule has 4 heteroatoms. The summed E-state index contributed by atoms with van der Waals surface area (Å²) in [5.41, 5.74) is 1.07. The number of terminal acetylenes is 1. The summed E-state index contributed by atoms with van der Waals surface area (Å²) in [6.07, 6.45) is 13.2. The topological polar surface area (TPSA) is 30.7 Å². The van der Waals surface area contributed by atoms with Crippen LogP contribution in [0, 0.1) is 12.3 Å².